The Balaban J connectivity index is 3.04. The number of benzene rings is 1. The molecule has 1 aromatic carbocycles. The third kappa shape index (κ3) is 2.31. The first kappa shape index (κ1) is 11.2. The molecule has 0 radical (unpaired) electrons. The van der Waals surface area contributed by atoms with Crippen LogP contribution in [0.3, 0.4) is 0 Å². The van der Waals surface area contributed by atoms with E-state index in [9.17, 15) is 8.78 Å². The van der Waals surface area contributed by atoms with Crippen molar-refractivity contribution in [2.24, 2.45) is 5.92 Å². The highest BCUT2D eigenvalue weighted by atomic mass is 19.2. The molecule has 0 aliphatic heterocycles. The van der Waals surface area contributed by atoms with Gasteiger partial charge in [-0.05, 0) is 29.9 Å². The summed E-state index contributed by atoms with van der Waals surface area (Å²) in [6.07, 6.45) is 1.12. The summed E-state index contributed by atoms with van der Waals surface area (Å²) >= 11 is 0. The molecule has 0 spiro atoms. The Morgan fingerprint density at radius 1 is 1.07 bits per heavy atom. The van der Waals surface area contributed by atoms with E-state index in [1.165, 1.54) is 0 Å². The van der Waals surface area contributed by atoms with Crippen LogP contribution in [0.1, 0.15) is 31.9 Å². The Hall–Kier alpha value is -0.920. The van der Waals surface area contributed by atoms with Crippen LogP contribution in [-0.2, 0) is 12.8 Å². The Bertz CT molecular complexity index is 316. The first-order chi connectivity index (χ1) is 6.56. The van der Waals surface area contributed by atoms with Gasteiger partial charge in [0.2, 0.25) is 0 Å². The van der Waals surface area contributed by atoms with Crippen molar-refractivity contribution in [1.82, 2.24) is 0 Å². The molecule has 14 heavy (non-hydrogen) atoms. The molecule has 0 nitrogen and oxygen atoms in total. The summed E-state index contributed by atoms with van der Waals surface area (Å²) in [7, 11) is 0. The molecular formula is C12H16F2. The van der Waals surface area contributed by atoms with E-state index in [-0.39, 0.29) is 0 Å². The number of hydrogen-bond donors (Lipinski definition) is 0. The molecule has 0 fully saturated rings. The molecule has 0 amide bonds. The number of aryl methyl sites for hydroxylation is 1. The van der Waals surface area contributed by atoms with Crippen molar-refractivity contribution in [3.8, 4) is 0 Å². The summed E-state index contributed by atoms with van der Waals surface area (Å²) in [6.45, 7) is 5.80. The Kier molecular flexibility index (Phi) is 3.62. The second kappa shape index (κ2) is 4.54. The van der Waals surface area contributed by atoms with E-state index in [0.717, 1.165) is 0 Å². The van der Waals surface area contributed by atoms with Crippen molar-refractivity contribution in [3.63, 3.8) is 0 Å². The normalized spacial score (nSPS) is 11.0. The van der Waals surface area contributed by atoms with Crippen molar-refractivity contribution in [2.75, 3.05) is 0 Å². The smallest absolute Gasteiger partial charge is 0.162 e. The van der Waals surface area contributed by atoms with Gasteiger partial charge in [-0.15, -0.1) is 0 Å². The lowest BCUT2D eigenvalue weighted by Crippen LogP contribution is -2.02. The molecule has 0 aliphatic carbocycles. The Morgan fingerprint density at radius 3 is 2.07 bits per heavy atom. The SMILES string of the molecule is CCc1ccc(CC(C)C)c(F)c1F. The van der Waals surface area contributed by atoms with Gasteiger partial charge in [0.1, 0.15) is 0 Å². The summed E-state index contributed by atoms with van der Waals surface area (Å²) in [5, 5.41) is 0. The molecular weight excluding hydrogens is 182 g/mol. The largest absolute Gasteiger partial charge is 0.203 e. The van der Waals surface area contributed by atoms with Crippen molar-refractivity contribution < 1.29 is 8.78 Å². The fraction of sp³-hybridized carbons (Fsp3) is 0.500. The predicted octanol–water partition coefficient (Wildman–Crippen LogP) is 3.73. The van der Waals surface area contributed by atoms with E-state index >= 15 is 0 Å². The van der Waals surface area contributed by atoms with E-state index in [2.05, 4.69) is 0 Å². The lowest BCUT2D eigenvalue weighted by molar-refractivity contribution is 0.482. The van der Waals surface area contributed by atoms with E-state index in [1.54, 1.807) is 12.1 Å². The first-order valence-corrected chi connectivity index (χ1v) is 5.02. The van der Waals surface area contributed by atoms with Gasteiger partial charge in [-0.2, -0.15) is 0 Å². The topological polar surface area (TPSA) is 0 Å². The van der Waals surface area contributed by atoms with Gasteiger partial charge in [0, 0.05) is 0 Å². The Labute approximate surface area is 84.0 Å². The number of hydrogen-bond acceptors (Lipinski definition) is 0. The molecule has 1 rings (SSSR count). The van der Waals surface area contributed by atoms with Crippen LogP contribution in [0.4, 0.5) is 8.78 Å². The zero-order valence-corrected chi connectivity index (χ0v) is 8.90. The summed E-state index contributed by atoms with van der Waals surface area (Å²) in [6, 6.07) is 3.37. The molecule has 0 atom stereocenters. The van der Waals surface area contributed by atoms with Crippen LogP contribution in [0.2, 0.25) is 0 Å². The number of rotatable bonds is 3. The van der Waals surface area contributed by atoms with Gasteiger partial charge in [0.25, 0.3) is 0 Å². The summed E-state index contributed by atoms with van der Waals surface area (Å²) in [5.41, 5.74) is 0.935. The van der Waals surface area contributed by atoms with Crippen LogP contribution >= 0.6 is 0 Å². The van der Waals surface area contributed by atoms with Gasteiger partial charge in [0.15, 0.2) is 11.6 Å². The van der Waals surface area contributed by atoms with Crippen LogP contribution in [0.25, 0.3) is 0 Å². The quantitative estimate of drug-likeness (QED) is 0.694. The molecule has 78 valence electrons. The molecule has 0 aliphatic rings. The highest BCUT2D eigenvalue weighted by Crippen LogP contribution is 2.19. The monoisotopic (exact) mass is 198 g/mol. The van der Waals surface area contributed by atoms with Crippen LogP contribution in [0.15, 0.2) is 12.1 Å². The van der Waals surface area contributed by atoms with Crippen molar-refractivity contribution in [2.45, 2.75) is 33.6 Å². The van der Waals surface area contributed by atoms with Gasteiger partial charge in [-0.25, -0.2) is 8.78 Å². The standard InChI is InChI=1S/C12H16F2/c1-4-9-5-6-10(7-8(2)3)12(14)11(9)13/h5-6,8H,4,7H2,1-3H3. The zero-order valence-electron chi connectivity index (χ0n) is 8.90. The van der Waals surface area contributed by atoms with E-state index < -0.39 is 11.6 Å². The molecule has 1 aromatic rings. The van der Waals surface area contributed by atoms with E-state index in [4.69, 9.17) is 0 Å². The van der Waals surface area contributed by atoms with Gasteiger partial charge in [-0.3, -0.25) is 0 Å². The van der Waals surface area contributed by atoms with Crippen LogP contribution in [0, 0.1) is 17.6 Å². The maximum atomic E-state index is 13.4. The summed E-state index contributed by atoms with van der Waals surface area (Å²) in [5.74, 6) is -1.000. The zero-order chi connectivity index (χ0) is 10.7. The van der Waals surface area contributed by atoms with E-state index in [0.29, 0.717) is 29.9 Å². The van der Waals surface area contributed by atoms with Crippen LogP contribution in [-0.4, -0.2) is 0 Å². The first-order valence-electron chi connectivity index (χ1n) is 5.02. The minimum Gasteiger partial charge on any atom is -0.203 e. The lowest BCUT2D eigenvalue weighted by Gasteiger charge is -2.08. The second-order valence-corrected chi connectivity index (χ2v) is 3.96. The van der Waals surface area contributed by atoms with Crippen molar-refractivity contribution in [1.29, 1.82) is 0 Å². The van der Waals surface area contributed by atoms with Crippen LogP contribution in [0.5, 0.6) is 0 Å². The minimum atomic E-state index is -0.675. The fourth-order valence-corrected chi connectivity index (χ4v) is 1.50. The number of halogens is 2. The lowest BCUT2D eigenvalue weighted by atomic mass is 10.00. The van der Waals surface area contributed by atoms with Crippen LogP contribution < -0.4 is 0 Å². The molecule has 0 saturated heterocycles. The molecule has 0 unspecified atom stereocenters. The minimum absolute atomic E-state index is 0.344. The summed E-state index contributed by atoms with van der Waals surface area (Å²) < 4.78 is 26.8. The average molecular weight is 198 g/mol. The average Bonchev–Trinajstić information content (AvgIpc) is 2.13. The maximum Gasteiger partial charge on any atom is 0.162 e. The highest BCUT2D eigenvalue weighted by molar-refractivity contribution is 5.26. The third-order valence-corrected chi connectivity index (χ3v) is 2.25. The van der Waals surface area contributed by atoms with Gasteiger partial charge < -0.3 is 0 Å². The van der Waals surface area contributed by atoms with Crippen molar-refractivity contribution >= 4 is 0 Å². The van der Waals surface area contributed by atoms with E-state index in [1.807, 2.05) is 20.8 Å². The second-order valence-electron chi connectivity index (χ2n) is 3.96. The molecule has 0 aromatic heterocycles. The Morgan fingerprint density at radius 2 is 1.57 bits per heavy atom. The molecule has 0 N–H and O–H groups in total. The fourth-order valence-electron chi connectivity index (χ4n) is 1.50. The third-order valence-electron chi connectivity index (χ3n) is 2.25. The van der Waals surface area contributed by atoms with Gasteiger partial charge in [0.05, 0.1) is 0 Å². The van der Waals surface area contributed by atoms with Gasteiger partial charge in [-0.1, -0.05) is 32.9 Å². The summed E-state index contributed by atoms with van der Waals surface area (Å²) in [4.78, 5) is 0. The van der Waals surface area contributed by atoms with Crippen molar-refractivity contribution in [3.05, 3.63) is 34.9 Å². The molecule has 0 heterocycles. The molecule has 0 saturated carbocycles. The molecule has 0 bridgehead atoms. The highest BCUT2D eigenvalue weighted by Gasteiger charge is 2.12. The molecule has 2 heteroatoms. The maximum absolute atomic E-state index is 13.4. The van der Waals surface area contributed by atoms with Gasteiger partial charge >= 0.3 is 0 Å². The predicted molar refractivity (Wildman–Crippen MR) is 54.3 cm³/mol.